The number of nitrogens with zero attached hydrogens (tertiary/aromatic N) is 1. The van der Waals surface area contributed by atoms with Crippen LogP contribution in [-0.4, -0.2) is 33.9 Å². The molecule has 1 fully saturated rings. The molecule has 0 aromatic heterocycles. The minimum Gasteiger partial charge on any atom is -0.393 e. The first kappa shape index (κ1) is 12.9. The molecule has 0 bridgehead atoms. The van der Waals surface area contributed by atoms with E-state index in [9.17, 15) is 9.59 Å². The van der Waals surface area contributed by atoms with E-state index >= 15 is 0 Å². The predicted octanol–water partition coefficient (Wildman–Crippen LogP) is 0.629. The number of urea groups is 1. The standard InChI is InChI=1S/C10H17N3O2S/c1-4-10(3)8(14)13(9(15)12-10)5-6(2)7(11)16/h6H,4-5H2,1-3H3,(H2,11,16)(H,12,15). The normalized spacial score (nSPS) is 26.8. The molecule has 0 aromatic carbocycles. The van der Waals surface area contributed by atoms with Gasteiger partial charge in [0.25, 0.3) is 5.91 Å². The van der Waals surface area contributed by atoms with Gasteiger partial charge in [-0.1, -0.05) is 26.1 Å². The van der Waals surface area contributed by atoms with Gasteiger partial charge in [0, 0.05) is 12.5 Å². The Hall–Kier alpha value is -1.17. The summed E-state index contributed by atoms with van der Waals surface area (Å²) in [5.41, 5.74) is 4.68. The average molecular weight is 243 g/mol. The van der Waals surface area contributed by atoms with Gasteiger partial charge in [-0.25, -0.2) is 4.79 Å². The second-order valence-corrected chi connectivity index (χ2v) is 4.81. The average Bonchev–Trinajstić information content (AvgIpc) is 2.42. The lowest BCUT2D eigenvalue weighted by atomic mass is 9.99. The second kappa shape index (κ2) is 4.37. The van der Waals surface area contributed by atoms with E-state index in [0.717, 1.165) is 0 Å². The van der Waals surface area contributed by atoms with Crippen LogP contribution in [0.1, 0.15) is 27.2 Å². The maximum Gasteiger partial charge on any atom is 0.325 e. The highest BCUT2D eigenvalue weighted by molar-refractivity contribution is 7.80. The molecule has 0 aliphatic carbocycles. The van der Waals surface area contributed by atoms with E-state index in [2.05, 4.69) is 5.32 Å². The lowest BCUT2D eigenvalue weighted by Gasteiger charge is -2.20. The Morgan fingerprint density at radius 3 is 2.56 bits per heavy atom. The number of thiocarbonyl (C=S) groups is 1. The Bertz CT molecular complexity index is 345. The van der Waals surface area contributed by atoms with Gasteiger partial charge in [0.15, 0.2) is 0 Å². The minimum absolute atomic E-state index is 0.163. The fourth-order valence-corrected chi connectivity index (χ4v) is 1.59. The van der Waals surface area contributed by atoms with Gasteiger partial charge in [-0.3, -0.25) is 9.69 Å². The molecule has 2 unspecified atom stereocenters. The van der Waals surface area contributed by atoms with Crippen LogP contribution in [0.25, 0.3) is 0 Å². The minimum atomic E-state index is -0.785. The number of amides is 3. The molecule has 1 rings (SSSR count). The highest BCUT2D eigenvalue weighted by Gasteiger charge is 2.46. The molecule has 1 saturated heterocycles. The van der Waals surface area contributed by atoms with Gasteiger partial charge < -0.3 is 11.1 Å². The van der Waals surface area contributed by atoms with Gasteiger partial charge in [-0.15, -0.1) is 0 Å². The molecular weight excluding hydrogens is 226 g/mol. The van der Waals surface area contributed by atoms with E-state index in [1.165, 1.54) is 4.90 Å². The summed E-state index contributed by atoms with van der Waals surface area (Å²) in [6.07, 6.45) is 0.565. The van der Waals surface area contributed by atoms with Crippen LogP contribution in [0.5, 0.6) is 0 Å². The fourth-order valence-electron chi connectivity index (χ4n) is 1.52. The van der Waals surface area contributed by atoms with Crippen molar-refractivity contribution in [1.82, 2.24) is 10.2 Å². The summed E-state index contributed by atoms with van der Waals surface area (Å²) in [4.78, 5) is 25.1. The van der Waals surface area contributed by atoms with Gasteiger partial charge in [0.1, 0.15) is 5.54 Å². The summed E-state index contributed by atoms with van der Waals surface area (Å²) in [5, 5.41) is 2.68. The molecule has 2 atom stereocenters. The van der Waals surface area contributed by atoms with Crippen LogP contribution in [0.3, 0.4) is 0 Å². The van der Waals surface area contributed by atoms with Gasteiger partial charge in [0.2, 0.25) is 0 Å². The van der Waals surface area contributed by atoms with Crippen LogP contribution < -0.4 is 11.1 Å². The van der Waals surface area contributed by atoms with Gasteiger partial charge in [-0.2, -0.15) is 0 Å². The molecule has 3 amide bonds. The molecule has 90 valence electrons. The van der Waals surface area contributed by atoms with Crippen molar-refractivity contribution in [3.05, 3.63) is 0 Å². The molecule has 0 radical (unpaired) electrons. The summed E-state index contributed by atoms with van der Waals surface area (Å²) >= 11 is 4.82. The quantitative estimate of drug-likeness (QED) is 0.561. The van der Waals surface area contributed by atoms with E-state index in [1.54, 1.807) is 13.8 Å². The van der Waals surface area contributed by atoms with Crippen molar-refractivity contribution in [2.24, 2.45) is 11.7 Å². The van der Waals surface area contributed by atoms with Crippen molar-refractivity contribution in [3.8, 4) is 0 Å². The molecule has 1 heterocycles. The Labute approximate surface area is 100 Å². The van der Waals surface area contributed by atoms with Gasteiger partial charge >= 0.3 is 6.03 Å². The first-order valence-corrected chi connectivity index (χ1v) is 5.66. The molecule has 0 spiro atoms. The third-order valence-corrected chi connectivity index (χ3v) is 3.40. The number of carbonyl (C=O) groups is 2. The summed E-state index contributed by atoms with van der Waals surface area (Å²) in [7, 11) is 0. The zero-order valence-electron chi connectivity index (χ0n) is 9.74. The maximum atomic E-state index is 12.0. The monoisotopic (exact) mass is 243 g/mol. The van der Waals surface area contributed by atoms with Crippen molar-refractivity contribution < 1.29 is 9.59 Å². The summed E-state index contributed by atoms with van der Waals surface area (Å²) < 4.78 is 0. The number of hydrogen-bond acceptors (Lipinski definition) is 3. The Kier molecular flexibility index (Phi) is 3.52. The second-order valence-electron chi connectivity index (χ2n) is 4.33. The van der Waals surface area contributed by atoms with Crippen LogP contribution in [-0.2, 0) is 4.79 Å². The number of hydrogen-bond donors (Lipinski definition) is 2. The van der Waals surface area contributed by atoms with Crippen LogP contribution >= 0.6 is 12.2 Å². The molecule has 0 aromatic rings. The predicted molar refractivity (Wildman–Crippen MR) is 64.9 cm³/mol. The first-order valence-electron chi connectivity index (χ1n) is 5.25. The molecule has 1 aliphatic heterocycles. The highest BCUT2D eigenvalue weighted by Crippen LogP contribution is 2.21. The van der Waals surface area contributed by atoms with Crippen molar-refractivity contribution in [2.45, 2.75) is 32.7 Å². The summed E-state index contributed by atoms with van der Waals surface area (Å²) in [6, 6.07) is -0.363. The largest absolute Gasteiger partial charge is 0.393 e. The lowest BCUT2D eigenvalue weighted by Crippen LogP contribution is -2.43. The number of carbonyl (C=O) groups excluding carboxylic acids is 2. The number of nitrogens with two attached hydrogens (primary N) is 1. The van der Waals surface area contributed by atoms with Gasteiger partial charge in [0.05, 0.1) is 4.99 Å². The van der Waals surface area contributed by atoms with Crippen LogP contribution in [0.4, 0.5) is 4.79 Å². The molecule has 3 N–H and O–H groups in total. The van der Waals surface area contributed by atoms with E-state index < -0.39 is 5.54 Å². The van der Waals surface area contributed by atoms with E-state index in [1.807, 2.05) is 6.92 Å². The van der Waals surface area contributed by atoms with Crippen molar-refractivity contribution in [1.29, 1.82) is 0 Å². The van der Waals surface area contributed by atoms with E-state index in [4.69, 9.17) is 18.0 Å². The SMILES string of the molecule is CCC1(C)NC(=O)N(CC(C)C(N)=S)C1=O. The van der Waals surface area contributed by atoms with Crippen LogP contribution in [0, 0.1) is 5.92 Å². The third kappa shape index (κ3) is 2.16. The van der Waals surface area contributed by atoms with E-state index in [-0.39, 0.29) is 24.4 Å². The first-order chi connectivity index (χ1) is 7.31. The summed E-state index contributed by atoms with van der Waals surface area (Å²) in [5.74, 6) is -0.369. The molecule has 16 heavy (non-hydrogen) atoms. The third-order valence-electron chi connectivity index (χ3n) is 2.99. The highest BCUT2D eigenvalue weighted by atomic mass is 32.1. The number of imide groups is 1. The van der Waals surface area contributed by atoms with Crippen molar-refractivity contribution >= 4 is 29.1 Å². The molecule has 1 aliphatic rings. The van der Waals surface area contributed by atoms with Crippen molar-refractivity contribution in [3.63, 3.8) is 0 Å². The summed E-state index contributed by atoms with van der Waals surface area (Å²) in [6.45, 7) is 5.62. The van der Waals surface area contributed by atoms with Crippen LogP contribution in [0.2, 0.25) is 0 Å². The molecular formula is C10H17N3O2S. The Balaban J connectivity index is 2.80. The topological polar surface area (TPSA) is 75.4 Å². The van der Waals surface area contributed by atoms with Gasteiger partial charge in [-0.05, 0) is 13.3 Å². The molecule has 5 nitrogen and oxygen atoms in total. The van der Waals surface area contributed by atoms with Crippen LogP contribution in [0.15, 0.2) is 0 Å². The number of rotatable bonds is 4. The Morgan fingerprint density at radius 1 is 1.62 bits per heavy atom. The fraction of sp³-hybridized carbons (Fsp3) is 0.700. The zero-order valence-corrected chi connectivity index (χ0v) is 10.6. The lowest BCUT2D eigenvalue weighted by molar-refractivity contribution is -0.131. The van der Waals surface area contributed by atoms with Crippen molar-refractivity contribution in [2.75, 3.05) is 6.54 Å². The smallest absolute Gasteiger partial charge is 0.325 e. The molecule has 0 saturated carbocycles. The maximum absolute atomic E-state index is 12.0. The number of nitrogens with one attached hydrogen (secondary N) is 1. The zero-order chi connectivity index (χ0) is 12.5. The van der Waals surface area contributed by atoms with E-state index in [0.29, 0.717) is 11.4 Å². The Morgan fingerprint density at radius 2 is 2.19 bits per heavy atom. The molecule has 6 heteroatoms.